The van der Waals surface area contributed by atoms with Crippen molar-refractivity contribution >= 4 is 0 Å². The monoisotopic (exact) mass is 289 g/mol. The quantitative estimate of drug-likeness (QED) is 0.813. The van der Waals surface area contributed by atoms with Crippen LogP contribution in [0.4, 0.5) is 4.39 Å². The van der Waals surface area contributed by atoms with E-state index in [4.69, 9.17) is 5.11 Å². The fraction of sp³-hybridized carbons (Fsp3) is 0.556. The molecule has 0 radical (unpaired) electrons. The molecule has 1 aliphatic rings. The third-order valence-corrected chi connectivity index (χ3v) is 4.11. The standard InChI is InChI=1S/C18H24FNO/c1-2-20(13-15-6-5-7-15)14-17-9-10-18(19)12-16(17)8-3-4-11-21/h9-10,12,15,21H,2,4-7,11,13-14H2,1H3. The molecule has 0 heterocycles. The van der Waals surface area contributed by atoms with Gasteiger partial charge in [-0.25, -0.2) is 4.39 Å². The molecule has 1 aromatic rings. The van der Waals surface area contributed by atoms with Crippen LogP contribution in [0.1, 0.15) is 43.7 Å². The molecule has 0 aromatic heterocycles. The Kier molecular flexibility index (Phi) is 6.22. The van der Waals surface area contributed by atoms with Gasteiger partial charge in [0.1, 0.15) is 5.82 Å². The van der Waals surface area contributed by atoms with Crippen LogP contribution in [-0.2, 0) is 6.54 Å². The molecule has 1 aromatic carbocycles. The van der Waals surface area contributed by atoms with E-state index in [9.17, 15) is 4.39 Å². The summed E-state index contributed by atoms with van der Waals surface area (Å²) in [6, 6.07) is 4.84. The van der Waals surface area contributed by atoms with Gasteiger partial charge in [0.25, 0.3) is 0 Å². The van der Waals surface area contributed by atoms with Gasteiger partial charge in [0.15, 0.2) is 0 Å². The van der Waals surface area contributed by atoms with E-state index in [1.165, 1.54) is 31.4 Å². The Morgan fingerprint density at radius 3 is 2.81 bits per heavy atom. The summed E-state index contributed by atoms with van der Waals surface area (Å²) in [7, 11) is 0. The summed E-state index contributed by atoms with van der Waals surface area (Å²) in [6.07, 6.45) is 4.46. The lowest BCUT2D eigenvalue weighted by Crippen LogP contribution is -2.32. The van der Waals surface area contributed by atoms with Gasteiger partial charge in [0, 0.05) is 25.1 Å². The Bertz CT molecular complexity index is 514. The zero-order valence-electron chi connectivity index (χ0n) is 12.7. The van der Waals surface area contributed by atoms with E-state index in [0.29, 0.717) is 6.42 Å². The highest BCUT2D eigenvalue weighted by molar-refractivity contribution is 5.41. The number of hydrogen-bond acceptors (Lipinski definition) is 2. The first-order chi connectivity index (χ1) is 10.2. The minimum absolute atomic E-state index is 0.0421. The van der Waals surface area contributed by atoms with Crippen molar-refractivity contribution in [2.75, 3.05) is 19.7 Å². The van der Waals surface area contributed by atoms with Gasteiger partial charge >= 0.3 is 0 Å². The van der Waals surface area contributed by atoms with Crippen molar-refractivity contribution in [1.82, 2.24) is 4.90 Å². The number of hydrogen-bond donors (Lipinski definition) is 1. The van der Waals surface area contributed by atoms with Gasteiger partial charge in [-0.3, -0.25) is 4.90 Å². The van der Waals surface area contributed by atoms with Gasteiger partial charge in [0.2, 0.25) is 0 Å². The molecular weight excluding hydrogens is 265 g/mol. The van der Waals surface area contributed by atoms with Crippen molar-refractivity contribution in [2.45, 2.75) is 39.2 Å². The van der Waals surface area contributed by atoms with Crippen LogP contribution in [0.2, 0.25) is 0 Å². The average molecular weight is 289 g/mol. The molecule has 2 nitrogen and oxygen atoms in total. The smallest absolute Gasteiger partial charge is 0.124 e. The summed E-state index contributed by atoms with van der Waals surface area (Å²) >= 11 is 0. The van der Waals surface area contributed by atoms with Gasteiger partial charge in [0.05, 0.1) is 6.61 Å². The van der Waals surface area contributed by atoms with Crippen LogP contribution in [0.5, 0.6) is 0 Å². The average Bonchev–Trinajstić information content (AvgIpc) is 2.44. The lowest BCUT2D eigenvalue weighted by molar-refractivity contribution is 0.178. The first-order valence-electron chi connectivity index (χ1n) is 7.83. The Labute approximate surface area is 127 Å². The third kappa shape index (κ3) is 4.84. The molecule has 0 spiro atoms. The Morgan fingerprint density at radius 1 is 1.38 bits per heavy atom. The molecule has 1 N–H and O–H groups in total. The van der Waals surface area contributed by atoms with Crippen LogP contribution in [0, 0.1) is 23.6 Å². The van der Waals surface area contributed by atoms with Gasteiger partial charge in [-0.15, -0.1) is 0 Å². The summed E-state index contributed by atoms with van der Waals surface area (Å²) in [4.78, 5) is 2.41. The number of aliphatic hydroxyl groups excluding tert-OH is 1. The van der Waals surface area contributed by atoms with Crippen molar-refractivity contribution in [3.8, 4) is 11.8 Å². The van der Waals surface area contributed by atoms with Crippen LogP contribution >= 0.6 is 0 Å². The van der Waals surface area contributed by atoms with Gasteiger partial charge < -0.3 is 5.11 Å². The number of aliphatic hydroxyl groups is 1. The lowest BCUT2D eigenvalue weighted by Gasteiger charge is -2.32. The highest BCUT2D eigenvalue weighted by Crippen LogP contribution is 2.27. The van der Waals surface area contributed by atoms with E-state index >= 15 is 0 Å². The highest BCUT2D eigenvalue weighted by Gasteiger charge is 2.20. The molecular formula is C18H24FNO. The van der Waals surface area contributed by atoms with Crippen molar-refractivity contribution in [3.05, 3.63) is 35.1 Å². The van der Waals surface area contributed by atoms with Crippen LogP contribution in [0.25, 0.3) is 0 Å². The van der Waals surface area contributed by atoms with Crippen molar-refractivity contribution < 1.29 is 9.50 Å². The van der Waals surface area contributed by atoms with Crippen LogP contribution < -0.4 is 0 Å². The van der Waals surface area contributed by atoms with E-state index < -0.39 is 0 Å². The summed E-state index contributed by atoms with van der Waals surface area (Å²) in [5.41, 5.74) is 1.82. The first kappa shape index (κ1) is 16.0. The van der Waals surface area contributed by atoms with Gasteiger partial charge in [-0.05, 0) is 43.0 Å². The summed E-state index contributed by atoms with van der Waals surface area (Å²) < 4.78 is 13.4. The summed E-state index contributed by atoms with van der Waals surface area (Å²) in [6.45, 7) is 5.14. The first-order valence-corrected chi connectivity index (χ1v) is 7.83. The molecule has 0 aliphatic heterocycles. The van der Waals surface area contributed by atoms with Crippen LogP contribution in [-0.4, -0.2) is 29.7 Å². The lowest BCUT2D eigenvalue weighted by atomic mass is 9.85. The second kappa shape index (κ2) is 8.17. The zero-order valence-corrected chi connectivity index (χ0v) is 12.7. The fourth-order valence-corrected chi connectivity index (χ4v) is 2.60. The van der Waals surface area contributed by atoms with Crippen LogP contribution in [0.15, 0.2) is 18.2 Å². The maximum absolute atomic E-state index is 13.4. The second-order valence-electron chi connectivity index (χ2n) is 5.70. The van der Waals surface area contributed by atoms with E-state index in [1.807, 2.05) is 6.07 Å². The SMILES string of the molecule is CCN(Cc1ccc(F)cc1C#CCCO)CC1CCC1. The fourth-order valence-electron chi connectivity index (χ4n) is 2.60. The molecule has 3 heteroatoms. The molecule has 0 bridgehead atoms. The molecule has 1 saturated carbocycles. The van der Waals surface area contributed by atoms with Gasteiger partial charge in [-0.1, -0.05) is 31.3 Å². The van der Waals surface area contributed by atoms with E-state index in [2.05, 4.69) is 23.7 Å². The van der Waals surface area contributed by atoms with E-state index in [-0.39, 0.29) is 12.4 Å². The third-order valence-electron chi connectivity index (χ3n) is 4.11. The van der Waals surface area contributed by atoms with Crippen molar-refractivity contribution in [3.63, 3.8) is 0 Å². The van der Waals surface area contributed by atoms with Crippen molar-refractivity contribution in [2.24, 2.45) is 5.92 Å². The Balaban J connectivity index is 2.08. The van der Waals surface area contributed by atoms with Crippen LogP contribution in [0.3, 0.4) is 0 Å². The second-order valence-corrected chi connectivity index (χ2v) is 5.70. The van der Waals surface area contributed by atoms with E-state index in [1.54, 1.807) is 0 Å². The molecule has 0 amide bonds. The number of benzene rings is 1. The number of nitrogens with zero attached hydrogens (tertiary/aromatic N) is 1. The number of rotatable bonds is 6. The minimum atomic E-state index is -0.255. The normalized spacial score (nSPS) is 14.7. The molecule has 0 unspecified atom stereocenters. The summed E-state index contributed by atoms with van der Waals surface area (Å²) in [5.74, 6) is 6.45. The summed E-state index contributed by atoms with van der Waals surface area (Å²) in [5, 5.41) is 8.80. The minimum Gasteiger partial charge on any atom is -0.395 e. The molecule has 0 atom stereocenters. The topological polar surface area (TPSA) is 23.5 Å². The number of halogens is 1. The van der Waals surface area contributed by atoms with Crippen molar-refractivity contribution in [1.29, 1.82) is 0 Å². The predicted octanol–water partition coefficient (Wildman–Crippen LogP) is 3.18. The molecule has 114 valence electrons. The molecule has 1 fully saturated rings. The zero-order chi connectivity index (χ0) is 15.1. The van der Waals surface area contributed by atoms with E-state index in [0.717, 1.165) is 36.7 Å². The molecule has 0 saturated heterocycles. The van der Waals surface area contributed by atoms with Gasteiger partial charge in [-0.2, -0.15) is 0 Å². The predicted molar refractivity (Wildman–Crippen MR) is 83.3 cm³/mol. The largest absolute Gasteiger partial charge is 0.395 e. The maximum atomic E-state index is 13.4. The molecule has 2 rings (SSSR count). The molecule has 1 aliphatic carbocycles. The Morgan fingerprint density at radius 2 is 2.19 bits per heavy atom. The molecule has 21 heavy (non-hydrogen) atoms. The highest BCUT2D eigenvalue weighted by atomic mass is 19.1. The Hall–Kier alpha value is -1.37. The maximum Gasteiger partial charge on any atom is 0.124 e.